The monoisotopic (exact) mass is 599 g/mol. The molecule has 0 spiro atoms. The van der Waals surface area contributed by atoms with Crippen LogP contribution in [0.15, 0.2) is 95.2 Å². The second-order valence-corrected chi connectivity index (χ2v) is 10.5. The molecule has 2 aliphatic rings. The number of alkyl halides is 3. The van der Waals surface area contributed by atoms with Crippen molar-refractivity contribution in [3.05, 3.63) is 106 Å². The molecule has 3 atom stereocenters. The highest BCUT2D eigenvalue weighted by Gasteiger charge is 2.63. The number of aliphatic hydroxyl groups is 1. The summed E-state index contributed by atoms with van der Waals surface area (Å²) < 4.78 is 65.7. The highest BCUT2D eigenvalue weighted by molar-refractivity contribution is 5.85. The predicted molar refractivity (Wildman–Crippen MR) is 151 cm³/mol. The molecule has 1 N–H and O–H groups in total. The fourth-order valence-corrected chi connectivity index (χ4v) is 5.14. The van der Waals surface area contributed by atoms with E-state index in [1.54, 1.807) is 32.1 Å². The average molecular weight is 600 g/mol. The highest BCUT2D eigenvalue weighted by atomic mass is 19.4. The Labute approximate surface area is 247 Å². The Morgan fingerprint density at radius 3 is 2.42 bits per heavy atom. The lowest BCUT2D eigenvalue weighted by Crippen LogP contribution is -2.50. The molecule has 1 heterocycles. The summed E-state index contributed by atoms with van der Waals surface area (Å²) in [6.07, 6.45) is -1.91. The molecule has 228 valence electrons. The van der Waals surface area contributed by atoms with Crippen molar-refractivity contribution in [1.29, 1.82) is 0 Å². The van der Waals surface area contributed by atoms with Crippen LogP contribution in [0.25, 0.3) is 0 Å². The SMILES string of the molecule is CC=C1/C(=C\C2=C=C(F)C2(O)C(F)(F)F)CC[C@H](Oc2ccc(CCC(=O)OC)cc2)CN1C(=O)[C@@H](C)c1ccccc1. The largest absolute Gasteiger partial charge is 0.489 e. The van der Waals surface area contributed by atoms with Gasteiger partial charge in [0, 0.05) is 17.7 Å². The van der Waals surface area contributed by atoms with E-state index in [1.165, 1.54) is 12.0 Å². The smallest absolute Gasteiger partial charge is 0.429 e. The van der Waals surface area contributed by atoms with Crippen molar-refractivity contribution in [2.24, 2.45) is 0 Å². The van der Waals surface area contributed by atoms with Crippen molar-refractivity contribution in [2.75, 3.05) is 13.7 Å². The van der Waals surface area contributed by atoms with Crippen LogP contribution in [-0.4, -0.2) is 53.4 Å². The number of methoxy groups -OCH3 is 1. The first kappa shape index (κ1) is 31.8. The van der Waals surface area contributed by atoms with Gasteiger partial charge in [-0.05, 0) is 68.0 Å². The lowest BCUT2D eigenvalue weighted by Gasteiger charge is -2.34. The van der Waals surface area contributed by atoms with E-state index in [1.807, 2.05) is 48.2 Å². The highest BCUT2D eigenvalue weighted by Crippen LogP contribution is 2.48. The summed E-state index contributed by atoms with van der Waals surface area (Å²) in [6.45, 7) is 3.51. The summed E-state index contributed by atoms with van der Waals surface area (Å²) in [5.74, 6) is -2.49. The number of benzene rings is 2. The van der Waals surface area contributed by atoms with Gasteiger partial charge in [0.05, 0.1) is 19.6 Å². The molecule has 0 saturated carbocycles. The number of hydrogen-bond acceptors (Lipinski definition) is 5. The van der Waals surface area contributed by atoms with Crippen LogP contribution < -0.4 is 4.74 Å². The Morgan fingerprint density at radius 2 is 1.84 bits per heavy atom. The van der Waals surface area contributed by atoms with Gasteiger partial charge in [-0.15, -0.1) is 0 Å². The summed E-state index contributed by atoms with van der Waals surface area (Å²) in [7, 11) is 1.33. The molecular weight excluding hydrogens is 566 g/mol. The number of hydrogen-bond donors (Lipinski definition) is 1. The van der Waals surface area contributed by atoms with Crippen LogP contribution in [-0.2, 0) is 20.7 Å². The lowest BCUT2D eigenvalue weighted by molar-refractivity contribution is -0.237. The molecular formula is C33H33F4NO5. The standard InChI is InChI=1S/C33H33F4NO5/c1-4-28-24(18-25-19-29(34)32(25,41)33(35,36)37)13-16-27(20-38(28)31(40)21(2)23-8-6-5-7-9-23)43-26-14-10-22(11-15-26)12-17-30(39)42-3/h4-11,14-15,18,21,27,41H,12-13,16-17,20H2,1-3H3/b24-18-,28-4?/t21-,27-,32?/m0/s1. The molecule has 2 aromatic rings. The first-order chi connectivity index (χ1) is 20.4. The van der Waals surface area contributed by atoms with Gasteiger partial charge in [-0.3, -0.25) is 9.59 Å². The first-order valence-corrected chi connectivity index (χ1v) is 13.9. The van der Waals surface area contributed by atoms with Crippen LogP contribution in [0.1, 0.15) is 50.2 Å². The number of esters is 1. The number of halogens is 4. The summed E-state index contributed by atoms with van der Waals surface area (Å²) in [4.78, 5) is 26.9. The third-order valence-electron chi connectivity index (χ3n) is 7.70. The number of allylic oxidation sites excluding steroid dienone is 2. The summed E-state index contributed by atoms with van der Waals surface area (Å²) in [6, 6.07) is 16.2. The molecule has 4 rings (SSSR count). The van der Waals surface area contributed by atoms with Crippen molar-refractivity contribution < 1.29 is 41.7 Å². The van der Waals surface area contributed by atoms with Gasteiger partial charge in [-0.2, -0.15) is 17.6 Å². The van der Waals surface area contributed by atoms with Crippen LogP contribution in [0.2, 0.25) is 0 Å². The summed E-state index contributed by atoms with van der Waals surface area (Å²) in [5.41, 5.74) is -0.218. The van der Waals surface area contributed by atoms with Crippen molar-refractivity contribution in [3.8, 4) is 5.75 Å². The Bertz CT molecular complexity index is 1470. The molecule has 43 heavy (non-hydrogen) atoms. The number of carbonyl (C=O) groups excluding carboxylic acids is 2. The van der Waals surface area contributed by atoms with Gasteiger partial charge in [-0.25, -0.2) is 0 Å². The zero-order valence-corrected chi connectivity index (χ0v) is 24.1. The predicted octanol–water partition coefficient (Wildman–Crippen LogP) is 6.48. The minimum absolute atomic E-state index is 0.101. The fourth-order valence-electron chi connectivity index (χ4n) is 5.14. The number of amides is 1. The summed E-state index contributed by atoms with van der Waals surface area (Å²) in [5, 5.41) is 10.2. The number of ether oxygens (including phenoxy) is 2. The molecule has 2 aromatic carbocycles. The Balaban J connectivity index is 1.64. The van der Waals surface area contributed by atoms with Gasteiger partial charge in [-0.1, -0.05) is 54.3 Å². The Kier molecular flexibility index (Phi) is 9.62. The van der Waals surface area contributed by atoms with Crippen LogP contribution in [0.3, 0.4) is 0 Å². The van der Waals surface area contributed by atoms with E-state index in [-0.39, 0.29) is 31.3 Å². The van der Waals surface area contributed by atoms with Crippen LogP contribution in [0.5, 0.6) is 5.75 Å². The first-order valence-electron chi connectivity index (χ1n) is 13.9. The molecule has 0 aromatic heterocycles. The normalized spacial score (nSPS) is 23.2. The maximum atomic E-state index is 13.9. The molecule has 1 aliphatic heterocycles. The third-order valence-corrected chi connectivity index (χ3v) is 7.70. The zero-order valence-electron chi connectivity index (χ0n) is 24.1. The molecule has 1 aliphatic carbocycles. The van der Waals surface area contributed by atoms with Gasteiger partial charge in [0.25, 0.3) is 5.60 Å². The molecule has 10 heteroatoms. The molecule has 1 unspecified atom stereocenters. The topological polar surface area (TPSA) is 76.1 Å². The van der Waals surface area contributed by atoms with E-state index in [0.717, 1.165) is 17.2 Å². The van der Waals surface area contributed by atoms with E-state index in [4.69, 9.17) is 4.74 Å². The van der Waals surface area contributed by atoms with Crippen LogP contribution >= 0.6 is 0 Å². The molecule has 6 nitrogen and oxygen atoms in total. The molecule has 0 bridgehead atoms. The molecule has 0 radical (unpaired) electrons. The zero-order chi connectivity index (χ0) is 31.4. The lowest BCUT2D eigenvalue weighted by atomic mass is 9.82. The van der Waals surface area contributed by atoms with Gasteiger partial charge in [0.2, 0.25) is 5.91 Å². The number of likely N-dealkylation sites (tertiary alicyclic amines) is 1. The van der Waals surface area contributed by atoms with Gasteiger partial charge < -0.3 is 19.5 Å². The van der Waals surface area contributed by atoms with Crippen molar-refractivity contribution in [3.63, 3.8) is 0 Å². The average Bonchev–Trinajstić information content (AvgIpc) is 3.17. The Hall–Kier alpha value is -4.14. The number of aryl methyl sites for hydroxylation is 1. The second kappa shape index (κ2) is 13.0. The van der Waals surface area contributed by atoms with Crippen molar-refractivity contribution in [1.82, 2.24) is 4.90 Å². The molecule has 1 saturated heterocycles. The van der Waals surface area contributed by atoms with E-state index in [0.29, 0.717) is 29.9 Å². The van der Waals surface area contributed by atoms with Gasteiger partial charge in [0.1, 0.15) is 11.9 Å². The number of carbonyl (C=O) groups is 2. The fraction of sp³-hybridized carbons (Fsp3) is 0.364. The second-order valence-electron chi connectivity index (χ2n) is 10.5. The van der Waals surface area contributed by atoms with Crippen molar-refractivity contribution in [2.45, 2.75) is 63.3 Å². The maximum absolute atomic E-state index is 13.9. The van der Waals surface area contributed by atoms with E-state index < -0.39 is 35.2 Å². The van der Waals surface area contributed by atoms with E-state index >= 15 is 0 Å². The molecule has 1 amide bonds. The Morgan fingerprint density at radius 1 is 1.16 bits per heavy atom. The van der Waals surface area contributed by atoms with Crippen molar-refractivity contribution >= 4 is 11.9 Å². The van der Waals surface area contributed by atoms with Crippen LogP contribution in [0.4, 0.5) is 17.6 Å². The summed E-state index contributed by atoms with van der Waals surface area (Å²) >= 11 is 0. The van der Waals surface area contributed by atoms with E-state index in [2.05, 4.69) is 4.74 Å². The number of rotatable bonds is 8. The quantitative estimate of drug-likeness (QED) is 0.214. The molecule has 1 fully saturated rings. The minimum Gasteiger partial charge on any atom is -0.489 e. The van der Waals surface area contributed by atoms with E-state index in [9.17, 15) is 32.3 Å². The van der Waals surface area contributed by atoms with Crippen LogP contribution in [0, 0.1) is 0 Å². The minimum atomic E-state index is -5.28. The third kappa shape index (κ3) is 6.76. The number of nitrogens with zero attached hydrogens (tertiary/aromatic N) is 1. The maximum Gasteiger partial charge on any atom is 0.429 e. The van der Waals surface area contributed by atoms with Gasteiger partial charge in [0.15, 0.2) is 5.83 Å². The van der Waals surface area contributed by atoms with Gasteiger partial charge >= 0.3 is 12.1 Å².